The van der Waals surface area contributed by atoms with E-state index in [9.17, 15) is 12.8 Å². The zero-order chi connectivity index (χ0) is 17.7. The van der Waals surface area contributed by atoms with Crippen molar-refractivity contribution in [2.24, 2.45) is 5.41 Å². The zero-order valence-electron chi connectivity index (χ0n) is 13.2. The number of nitrogens with zero attached hydrogens (tertiary/aromatic N) is 3. The number of anilines is 1. The van der Waals surface area contributed by atoms with E-state index in [0.717, 1.165) is 25.2 Å². The Morgan fingerprint density at radius 1 is 1.24 bits per heavy atom. The summed E-state index contributed by atoms with van der Waals surface area (Å²) < 4.78 is 42.5. The first kappa shape index (κ1) is 16.5. The van der Waals surface area contributed by atoms with E-state index in [-0.39, 0.29) is 5.75 Å². The summed E-state index contributed by atoms with van der Waals surface area (Å²) in [6.07, 6.45) is 6.57. The molecular weight excluding hydrogens is 369 g/mol. The van der Waals surface area contributed by atoms with Crippen molar-refractivity contribution in [1.82, 2.24) is 9.97 Å². The molecule has 2 aromatic rings. The van der Waals surface area contributed by atoms with Crippen LogP contribution in [0.2, 0.25) is 0 Å². The topological polar surface area (TPSA) is 72.4 Å². The number of aromatic nitrogens is 2. The molecule has 1 aliphatic heterocycles. The van der Waals surface area contributed by atoms with Crippen molar-refractivity contribution in [2.45, 2.75) is 24.2 Å². The molecule has 6 nitrogen and oxygen atoms in total. The van der Waals surface area contributed by atoms with Gasteiger partial charge in [0.05, 0.1) is 6.20 Å². The molecule has 0 atom stereocenters. The Hall–Kier alpha value is -1.93. The van der Waals surface area contributed by atoms with Crippen molar-refractivity contribution in [3.8, 4) is 11.5 Å². The molecule has 1 saturated heterocycles. The van der Waals surface area contributed by atoms with Gasteiger partial charge in [0.15, 0.2) is 11.6 Å². The van der Waals surface area contributed by atoms with E-state index in [2.05, 4.69) is 14.9 Å². The number of ether oxygens (including phenoxy) is 1. The Balaban J connectivity index is 1.64. The van der Waals surface area contributed by atoms with Crippen molar-refractivity contribution >= 4 is 25.6 Å². The molecule has 9 heteroatoms. The first-order chi connectivity index (χ1) is 11.9. The maximum Gasteiger partial charge on any atom is 0.265 e. The third-order valence-electron chi connectivity index (χ3n) is 4.81. The van der Waals surface area contributed by atoms with Crippen LogP contribution in [0.5, 0.6) is 11.5 Å². The molecule has 2 fully saturated rings. The highest BCUT2D eigenvalue weighted by Crippen LogP contribution is 2.50. The highest BCUT2D eigenvalue weighted by molar-refractivity contribution is 8.13. The lowest BCUT2D eigenvalue weighted by Gasteiger charge is -2.56. The summed E-state index contributed by atoms with van der Waals surface area (Å²) >= 11 is 0. The molecule has 0 unspecified atom stereocenters. The average Bonchev–Trinajstić information content (AvgIpc) is 2.47. The molecule has 0 bridgehead atoms. The molecule has 1 saturated carbocycles. The number of hydrogen-bond acceptors (Lipinski definition) is 6. The number of halogens is 2. The second kappa shape index (κ2) is 5.81. The quantitative estimate of drug-likeness (QED) is 0.754. The molecule has 0 radical (unpaired) electrons. The molecule has 1 aliphatic carbocycles. The molecule has 132 valence electrons. The van der Waals surface area contributed by atoms with Gasteiger partial charge < -0.3 is 9.64 Å². The third kappa shape index (κ3) is 3.04. The molecule has 4 rings (SSSR count). The van der Waals surface area contributed by atoms with Gasteiger partial charge in [-0.25, -0.2) is 22.8 Å². The maximum atomic E-state index is 13.4. The van der Waals surface area contributed by atoms with Crippen LogP contribution in [0, 0.1) is 11.2 Å². The minimum Gasteiger partial charge on any atom is -0.450 e. The summed E-state index contributed by atoms with van der Waals surface area (Å²) in [4.78, 5) is 9.86. The molecular formula is C16H15ClFN3O3S. The Morgan fingerprint density at radius 3 is 2.64 bits per heavy atom. The van der Waals surface area contributed by atoms with Crippen molar-refractivity contribution in [3.63, 3.8) is 0 Å². The third-order valence-corrected chi connectivity index (χ3v) is 6.16. The van der Waals surface area contributed by atoms with Gasteiger partial charge in [0.25, 0.3) is 9.05 Å². The molecule has 1 aromatic heterocycles. The minimum absolute atomic E-state index is 0.0636. The van der Waals surface area contributed by atoms with Crippen LogP contribution < -0.4 is 9.64 Å². The molecule has 0 N–H and O–H groups in total. The van der Waals surface area contributed by atoms with E-state index in [1.807, 2.05) is 0 Å². The van der Waals surface area contributed by atoms with E-state index < -0.39 is 19.8 Å². The van der Waals surface area contributed by atoms with Crippen LogP contribution in [-0.2, 0) is 9.05 Å². The summed E-state index contributed by atoms with van der Waals surface area (Å²) in [5.41, 5.74) is 0.392. The zero-order valence-corrected chi connectivity index (χ0v) is 14.7. The molecule has 1 spiro atoms. The molecule has 2 aliphatic rings. The van der Waals surface area contributed by atoms with Gasteiger partial charge in [-0.05, 0) is 31.0 Å². The molecule has 2 heterocycles. The van der Waals surface area contributed by atoms with E-state index in [0.29, 0.717) is 17.0 Å². The van der Waals surface area contributed by atoms with Crippen molar-refractivity contribution < 1.29 is 17.5 Å². The van der Waals surface area contributed by atoms with Crippen LogP contribution in [0.1, 0.15) is 19.3 Å². The maximum absolute atomic E-state index is 13.4. The summed E-state index contributed by atoms with van der Waals surface area (Å²) in [6.45, 7) is 1.79. The van der Waals surface area contributed by atoms with E-state index in [1.54, 1.807) is 0 Å². The van der Waals surface area contributed by atoms with Gasteiger partial charge in [-0.2, -0.15) is 0 Å². The van der Waals surface area contributed by atoms with Gasteiger partial charge in [0, 0.05) is 29.2 Å². The number of benzene rings is 1. The molecule has 1 aromatic carbocycles. The fourth-order valence-electron chi connectivity index (χ4n) is 3.40. The normalized spacial score (nSPS) is 18.6. The van der Waals surface area contributed by atoms with E-state index >= 15 is 0 Å². The monoisotopic (exact) mass is 383 g/mol. The summed E-state index contributed by atoms with van der Waals surface area (Å²) in [7, 11) is 1.23. The van der Waals surface area contributed by atoms with Crippen molar-refractivity contribution in [3.05, 3.63) is 36.5 Å². The smallest absolute Gasteiger partial charge is 0.265 e. The van der Waals surface area contributed by atoms with Crippen LogP contribution in [-0.4, -0.2) is 31.5 Å². The Labute approximate surface area is 149 Å². The van der Waals surface area contributed by atoms with Gasteiger partial charge in [0.1, 0.15) is 22.8 Å². The lowest BCUT2D eigenvalue weighted by molar-refractivity contribution is 0.0892. The lowest BCUT2D eigenvalue weighted by Crippen LogP contribution is -2.60. The predicted molar refractivity (Wildman–Crippen MR) is 90.0 cm³/mol. The Bertz CT molecular complexity index is 926. The minimum atomic E-state index is -4.16. The fraction of sp³-hybridized carbons (Fsp3) is 0.375. The average molecular weight is 384 g/mol. The van der Waals surface area contributed by atoms with Gasteiger partial charge >= 0.3 is 0 Å². The fourth-order valence-corrected chi connectivity index (χ4v) is 4.37. The second-order valence-electron chi connectivity index (χ2n) is 6.55. The van der Waals surface area contributed by atoms with Gasteiger partial charge in [-0.1, -0.05) is 6.42 Å². The van der Waals surface area contributed by atoms with Gasteiger partial charge in [-0.3, -0.25) is 0 Å². The molecule has 25 heavy (non-hydrogen) atoms. The first-order valence-electron chi connectivity index (χ1n) is 7.83. The molecule has 0 amide bonds. The van der Waals surface area contributed by atoms with Crippen LogP contribution in [0.15, 0.2) is 35.6 Å². The lowest BCUT2D eigenvalue weighted by atomic mass is 9.63. The van der Waals surface area contributed by atoms with Gasteiger partial charge in [0.2, 0.25) is 0 Å². The van der Waals surface area contributed by atoms with E-state index in [4.69, 9.17) is 15.4 Å². The Morgan fingerprint density at radius 2 is 2.00 bits per heavy atom. The largest absolute Gasteiger partial charge is 0.450 e. The van der Waals surface area contributed by atoms with Crippen LogP contribution in [0.4, 0.5) is 10.2 Å². The predicted octanol–water partition coefficient (Wildman–Crippen LogP) is 3.33. The van der Waals surface area contributed by atoms with Crippen molar-refractivity contribution in [1.29, 1.82) is 0 Å². The van der Waals surface area contributed by atoms with E-state index in [1.165, 1.54) is 37.9 Å². The number of hydrogen-bond donors (Lipinski definition) is 0. The Kier molecular flexibility index (Phi) is 3.84. The summed E-state index contributed by atoms with van der Waals surface area (Å²) in [6, 6.07) is 3.16. The number of rotatable bonds is 4. The summed E-state index contributed by atoms with van der Waals surface area (Å²) in [5.74, 6) is 0.122. The SMILES string of the molecule is O=S(=O)(Cl)c1cc(F)ccc1Oc1cncnc1N1CC2(CCC2)C1. The van der Waals surface area contributed by atoms with Crippen LogP contribution in [0.3, 0.4) is 0 Å². The highest BCUT2D eigenvalue weighted by Gasteiger charge is 2.48. The van der Waals surface area contributed by atoms with Crippen LogP contribution in [0.25, 0.3) is 0 Å². The standard InChI is InChI=1S/C16H15ClFN3O3S/c17-25(22,23)14-6-11(18)2-3-12(14)24-13-7-19-10-20-15(13)21-8-16(9-21)4-1-5-16/h2-3,6-7,10H,1,4-5,8-9H2. The highest BCUT2D eigenvalue weighted by atomic mass is 35.7. The van der Waals surface area contributed by atoms with Crippen LogP contribution >= 0.6 is 10.7 Å². The first-order valence-corrected chi connectivity index (χ1v) is 10.1. The van der Waals surface area contributed by atoms with Gasteiger partial charge in [-0.15, -0.1) is 0 Å². The second-order valence-corrected chi connectivity index (χ2v) is 9.09. The summed E-state index contributed by atoms with van der Waals surface area (Å²) in [5, 5.41) is 0. The van der Waals surface area contributed by atoms with Crippen molar-refractivity contribution in [2.75, 3.05) is 18.0 Å².